The fourth-order valence-electron chi connectivity index (χ4n) is 2.02. The van der Waals surface area contributed by atoms with Crippen LogP contribution in [0.3, 0.4) is 0 Å². The minimum Gasteiger partial charge on any atom is -0.477 e. The van der Waals surface area contributed by atoms with Gasteiger partial charge in [-0.25, -0.2) is 0 Å². The van der Waals surface area contributed by atoms with E-state index < -0.39 is 6.10 Å². The minimum absolute atomic E-state index is 0.0650. The number of rotatable bonds is 1. The Labute approximate surface area is 105 Å². The molecule has 2 rings (SSSR count). The number of hydrogen-bond acceptors (Lipinski definition) is 3. The van der Waals surface area contributed by atoms with Crippen molar-refractivity contribution in [2.45, 2.75) is 26.4 Å². The Morgan fingerprint density at radius 3 is 2.82 bits per heavy atom. The SMILES string of the molecule is CCC1Oc2c(Cl)cc(N)c(C)c2N(C)C1=O. The van der Waals surface area contributed by atoms with Crippen molar-refractivity contribution in [2.75, 3.05) is 17.7 Å². The van der Waals surface area contributed by atoms with Crippen LogP contribution in [0.15, 0.2) is 6.07 Å². The van der Waals surface area contributed by atoms with E-state index in [0.717, 1.165) is 5.56 Å². The molecule has 1 aromatic carbocycles. The first kappa shape index (κ1) is 12.0. The molecule has 1 aromatic rings. The number of nitrogen functional groups attached to an aromatic ring is 1. The van der Waals surface area contributed by atoms with Gasteiger partial charge in [0.15, 0.2) is 11.9 Å². The number of hydrogen-bond donors (Lipinski definition) is 1. The van der Waals surface area contributed by atoms with Crippen molar-refractivity contribution in [1.82, 2.24) is 0 Å². The van der Waals surface area contributed by atoms with Gasteiger partial charge < -0.3 is 15.4 Å². The zero-order valence-corrected chi connectivity index (χ0v) is 10.8. The Hall–Kier alpha value is -1.42. The molecule has 1 unspecified atom stereocenters. The summed E-state index contributed by atoms with van der Waals surface area (Å²) in [5.41, 5.74) is 7.89. The van der Waals surface area contributed by atoms with Crippen LogP contribution < -0.4 is 15.4 Å². The predicted octanol–water partition coefficient (Wildman–Crippen LogP) is 2.36. The summed E-state index contributed by atoms with van der Waals surface area (Å²) >= 11 is 6.11. The van der Waals surface area contributed by atoms with Gasteiger partial charge in [0.2, 0.25) is 0 Å². The number of carbonyl (C=O) groups excluding carboxylic acids is 1. The van der Waals surface area contributed by atoms with Crippen molar-refractivity contribution in [3.63, 3.8) is 0 Å². The third kappa shape index (κ3) is 1.72. The molecule has 5 heteroatoms. The lowest BCUT2D eigenvalue weighted by Gasteiger charge is -2.33. The number of likely N-dealkylation sites (N-methyl/N-ethyl adjacent to an activating group) is 1. The summed E-state index contributed by atoms with van der Waals surface area (Å²) in [6.07, 6.45) is 0.149. The molecule has 0 radical (unpaired) electrons. The molecular formula is C12H15ClN2O2. The Balaban J connectivity index is 2.64. The van der Waals surface area contributed by atoms with Crippen LogP contribution >= 0.6 is 11.6 Å². The van der Waals surface area contributed by atoms with Crippen molar-refractivity contribution in [3.05, 3.63) is 16.7 Å². The number of benzene rings is 1. The van der Waals surface area contributed by atoms with Gasteiger partial charge in [0.25, 0.3) is 5.91 Å². The van der Waals surface area contributed by atoms with E-state index in [9.17, 15) is 4.79 Å². The van der Waals surface area contributed by atoms with Gasteiger partial charge in [-0.1, -0.05) is 18.5 Å². The zero-order valence-electron chi connectivity index (χ0n) is 10.1. The Morgan fingerprint density at radius 1 is 1.59 bits per heavy atom. The first-order valence-electron chi connectivity index (χ1n) is 5.50. The number of nitrogens with two attached hydrogens (primary N) is 1. The topological polar surface area (TPSA) is 55.6 Å². The molecule has 1 atom stereocenters. The lowest BCUT2D eigenvalue weighted by molar-refractivity contribution is -0.126. The fourth-order valence-corrected chi connectivity index (χ4v) is 2.27. The molecule has 2 N–H and O–H groups in total. The average Bonchev–Trinajstić information content (AvgIpc) is 2.29. The van der Waals surface area contributed by atoms with Gasteiger partial charge in [-0.05, 0) is 25.0 Å². The van der Waals surface area contributed by atoms with Gasteiger partial charge in [0, 0.05) is 12.7 Å². The number of amides is 1. The van der Waals surface area contributed by atoms with Gasteiger partial charge in [0.05, 0.1) is 10.7 Å². The first-order valence-corrected chi connectivity index (χ1v) is 5.88. The van der Waals surface area contributed by atoms with E-state index in [4.69, 9.17) is 22.1 Å². The van der Waals surface area contributed by atoms with Crippen molar-refractivity contribution in [2.24, 2.45) is 0 Å². The Kier molecular flexibility index (Phi) is 2.91. The minimum atomic E-state index is -0.465. The molecule has 0 aromatic heterocycles. The zero-order chi connectivity index (χ0) is 12.7. The molecule has 0 aliphatic carbocycles. The summed E-state index contributed by atoms with van der Waals surface area (Å²) in [5.74, 6) is 0.483. The van der Waals surface area contributed by atoms with E-state index in [1.54, 1.807) is 18.0 Å². The lowest BCUT2D eigenvalue weighted by Crippen LogP contribution is -2.43. The monoisotopic (exact) mass is 254 g/mol. The van der Waals surface area contributed by atoms with E-state index in [1.165, 1.54) is 0 Å². The number of anilines is 2. The molecule has 1 aliphatic heterocycles. The van der Waals surface area contributed by atoms with Gasteiger partial charge in [-0.2, -0.15) is 0 Å². The van der Waals surface area contributed by atoms with Crippen molar-refractivity contribution in [1.29, 1.82) is 0 Å². The van der Waals surface area contributed by atoms with Crippen molar-refractivity contribution >= 4 is 28.9 Å². The van der Waals surface area contributed by atoms with Crippen LogP contribution in [0.5, 0.6) is 5.75 Å². The van der Waals surface area contributed by atoms with Crippen LogP contribution in [-0.4, -0.2) is 19.1 Å². The molecule has 0 bridgehead atoms. The quantitative estimate of drug-likeness (QED) is 0.783. The van der Waals surface area contributed by atoms with Crippen LogP contribution in [-0.2, 0) is 4.79 Å². The standard InChI is InChI=1S/C12H15ClN2O2/c1-4-9-12(16)15(3)10-6(2)8(14)5-7(13)11(10)17-9/h5,9H,4,14H2,1-3H3. The summed E-state index contributed by atoms with van der Waals surface area (Å²) < 4.78 is 5.65. The van der Waals surface area contributed by atoms with Crippen LogP contribution in [0.1, 0.15) is 18.9 Å². The maximum Gasteiger partial charge on any atom is 0.267 e. The molecule has 4 nitrogen and oxygen atoms in total. The molecule has 1 amide bonds. The van der Waals surface area contributed by atoms with E-state index >= 15 is 0 Å². The van der Waals surface area contributed by atoms with Crippen LogP contribution in [0, 0.1) is 6.92 Å². The van der Waals surface area contributed by atoms with Crippen molar-refractivity contribution in [3.8, 4) is 5.75 Å². The average molecular weight is 255 g/mol. The fraction of sp³-hybridized carbons (Fsp3) is 0.417. The van der Waals surface area contributed by atoms with Gasteiger partial charge >= 0.3 is 0 Å². The van der Waals surface area contributed by atoms with Gasteiger partial charge in [-0.3, -0.25) is 4.79 Å². The van der Waals surface area contributed by atoms with E-state index in [0.29, 0.717) is 28.6 Å². The van der Waals surface area contributed by atoms with Crippen LogP contribution in [0.2, 0.25) is 5.02 Å². The van der Waals surface area contributed by atoms with E-state index in [-0.39, 0.29) is 5.91 Å². The highest BCUT2D eigenvalue weighted by Gasteiger charge is 2.34. The molecule has 0 spiro atoms. The van der Waals surface area contributed by atoms with Crippen LogP contribution in [0.4, 0.5) is 11.4 Å². The summed E-state index contributed by atoms with van der Waals surface area (Å²) in [4.78, 5) is 13.6. The lowest BCUT2D eigenvalue weighted by atomic mass is 10.1. The third-order valence-electron chi connectivity index (χ3n) is 3.07. The maximum atomic E-state index is 12.0. The molecular weight excluding hydrogens is 240 g/mol. The third-order valence-corrected chi connectivity index (χ3v) is 3.36. The van der Waals surface area contributed by atoms with Gasteiger partial charge in [0.1, 0.15) is 0 Å². The van der Waals surface area contributed by atoms with Crippen molar-refractivity contribution < 1.29 is 9.53 Å². The first-order chi connectivity index (χ1) is 7.97. The predicted molar refractivity (Wildman–Crippen MR) is 68.7 cm³/mol. The number of nitrogens with zero attached hydrogens (tertiary/aromatic N) is 1. The molecule has 0 saturated heterocycles. The van der Waals surface area contributed by atoms with Gasteiger partial charge in [-0.15, -0.1) is 0 Å². The summed E-state index contributed by atoms with van der Waals surface area (Å²) in [7, 11) is 1.72. The maximum absolute atomic E-state index is 12.0. The highest BCUT2D eigenvalue weighted by atomic mass is 35.5. The normalized spacial score (nSPS) is 18.9. The Morgan fingerprint density at radius 2 is 2.24 bits per heavy atom. The number of ether oxygens (including phenoxy) is 1. The molecule has 17 heavy (non-hydrogen) atoms. The molecule has 0 saturated carbocycles. The number of carbonyl (C=O) groups is 1. The highest BCUT2D eigenvalue weighted by Crippen LogP contribution is 2.44. The van der Waals surface area contributed by atoms with Crippen LogP contribution in [0.25, 0.3) is 0 Å². The molecule has 1 heterocycles. The molecule has 1 aliphatic rings. The Bertz CT molecular complexity index is 488. The highest BCUT2D eigenvalue weighted by molar-refractivity contribution is 6.33. The summed E-state index contributed by atoms with van der Waals surface area (Å²) in [6, 6.07) is 1.66. The number of halogens is 1. The second-order valence-corrected chi connectivity index (χ2v) is 4.57. The second kappa shape index (κ2) is 4.11. The molecule has 0 fully saturated rings. The number of fused-ring (bicyclic) bond motifs is 1. The summed E-state index contributed by atoms with van der Waals surface area (Å²) in [5, 5.41) is 0.445. The summed E-state index contributed by atoms with van der Waals surface area (Å²) in [6.45, 7) is 3.75. The second-order valence-electron chi connectivity index (χ2n) is 4.16. The largest absolute Gasteiger partial charge is 0.477 e. The van der Waals surface area contributed by atoms with E-state index in [2.05, 4.69) is 0 Å². The smallest absolute Gasteiger partial charge is 0.267 e. The molecule has 92 valence electrons. The van der Waals surface area contributed by atoms with E-state index in [1.807, 2.05) is 13.8 Å².